The van der Waals surface area contributed by atoms with Gasteiger partial charge in [-0.25, -0.2) is 13.1 Å². The van der Waals surface area contributed by atoms with E-state index in [-0.39, 0.29) is 10.9 Å². The Labute approximate surface area is 134 Å². The summed E-state index contributed by atoms with van der Waals surface area (Å²) in [4.78, 5) is 0.175. The Kier molecular flexibility index (Phi) is 6.04. The molecule has 0 spiro atoms. The monoisotopic (exact) mass is 376 g/mol. The normalized spacial score (nSPS) is 19.4. The molecule has 0 radical (unpaired) electrons. The summed E-state index contributed by atoms with van der Waals surface area (Å²) in [7, 11) is -3.58. The molecular weight excluding hydrogens is 356 g/mol. The van der Waals surface area contributed by atoms with Crippen molar-refractivity contribution in [3.8, 4) is 5.75 Å². The number of ether oxygens (including phenoxy) is 1. The van der Waals surface area contributed by atoms with Gasteiger partial charge in [-0.15, -0.1) is 0 Å². The van der Waals surface area contributed by atoms with Crippen molar-refractivity contribution in [1.29, 1.82) is 0 Å². The van der Waals surface area contributed by atoms with E-state index in [2.05, 4.69) is 26.0 Å². The number of hydrogen-bond acceptors (Lipinski definition) is 4. The molecule has 1 aromatic carbocycles. The molecule has 7 heteroatoms. The molecule has 21 heavy (non-hydrogen) atoms. The van der Waals surface area contributed by atoms with Gasteiger partial charge in [0, 0.05) is 17.1 Å². The van der Waals surface area contributed by atoms with Crippen LogP contribution in [0.1, 0.15) is 26.2 Å². The average Bonchev–Trinajstić information content (AvgIpc) is 2.48. The van der Waals surface area contributed by atoms with Gasteiger partial charge in [-0.3, -0.25) is 0 Å². The van der Waals surface area contributed by atoms with Crippen LogP contribution in [0.25, 0.3) is 0 Å². The molecule has 1 fully saturated rings. The van der Waals surface area contributed by atoms with Gasteiger partial charge < -0.3 is 10.1 Å². The van der Waals surface area contributed by atoms with Gasteiger partial charge in [0.15, 0.2) is 0 Å². The SMILES string of the molecule is CCOc1ccc(Br)cc1S(=O)(=O)NCC1CCCCN1. The first kappa shape index (κ1) is 16.7. The van der Waals surface area contributed by atoms with E-state index >= 15 is 0 Å². The average molecular weight is 377 g/mol. The first-order chi connectivity index (χ1) is 10.0. The van der Waals surface area contributed by atoms with Crippen molar-refractivity contribution in [2.45, 2.75) is 37.1 Å². The van der Waals surface area contributed by atoms with E-state index in [1.54, 1.807) is 18.2 Å². The molecule has 118 valence electrons. The van der Waals surface area contributed by atoms with Gasteiger partial charge in [-0.05, 0) is 44.5 Å². The molecule has 1 atom stereocenters. The van der Waals surface area contributed by atoms with Crippen LogP contribution in [0.3, 0.4) is 0 Å². The van der Waals surface area contributed by atoms with E-state index in [1.165, 1.54) is 0 Å². The number of sulfonamides is 1. The minimum absolute atomic E-state index is 0.175. The van der Waals surface area contributed by atoms with Crippen molar-refractivity contribution >= 4 is 26.0 Å². The second-order valence-corrected chi connectivity index (χ2v) is 7.67. The first-order valence-corrected chi connectivity index (χ1v) is 9.46. The lowest BCUT2D eigenvalue weighted by molar-refractivity contribution is 0.330. The van der Waals surface area contributed by atoms with Crippen LogP contribution < -0.4 is 14.8 Å². The summed E-state index contributed by atoms with van der Waals surface area (Å²) < 4.78 is 33.8. The lowest BCUT2D eigenvalue weighted by Crippen LogP contribution is -2.43. The highest BCUT2D eigenvalue weighted by Gasteiger charge is 2.22. The summed E-state index contributed by atoms with van der Waals surface area (Å²) in [5.41, 5.74) is 0. The molecule has 0 bridgehead atoms. The Morgan fingerprint density at radius 2 is 2.24 bits per heavy atom. The highest BCUT2D eigenvalue weighted by molar-refractivity contribution is 9.10. The minimum atomic E-state index is -3.58. The van der Waals surface area contributed by atoms with Gasteiger partial charge >= 0.3 is 0 Å². The van der Waals surface area contributed by atoms with E-state index in [0.717, 1.165) is 25.8 Å². The van der Waals surface area contributed by atoms with Crippen LogP contribution in [0, 0.1) is 0 Å². The van der Waals surface area contributed by atoms with Crippen LogP contribution in [-0.4, -0.2) is 34.2 Å². The van der Waals surface area contributed by atoms with Crippen molar-refractivity contribution in [2.75, 3.05) is 19.7 Å². The Morgan fingerprint density at radius 1 is 1.43 bits per heavy atom. The predicted octanol–water partition coefficient (Wildman–Crippen LogP) is 2.27. The number of rotatable bonds is 6. The molecule has 1 aliphatic heterocycles. The summed E-state index contributed by atoms with van der Waals surface area (Å²) in [6.07, 6.45) is 3.29. The zero-order valence-corrected chi connectivity index (χ0v) is 14.5. The fourth-order valence-corrected chi connectivity index (χ4v) is 4.12. The van der Waals surface area contributed by atoms with Gasteiger partial charge in [0.2, 0.25) is 10.0 Å². The molecule has 0 amide bonds. The fraction of sp³-hybridized carbons (Fsp3) is 0.571. The highest BCUT2D eigenvalue weighted by atomic mass is 79.9. The molecule has 0 aliphatic carbocycles. The Hall–Kier alpha value is -0.630. The van der Waals surface area contributed by atoms with Crippen molar-refractivity contribution in [3.63, 3.8) is 0 Å². The molecule has 5 nitrogen and oxygen atoms in total. The molecule has 1 aromatic rings. The van der Waals surface area contributed by atoms with Crippen molar-refractivity contribution in [2.24, 2.45) is 0 Å². The maximum atomic E-state index is 12.5. The van der Waals surface area contributed by atoms with Crippen LogP contribution in [0.2, 0.25) is 0 Å². The fourth-order valence-electron chi connectivity index (χ4n) is 2.35. The van der Waals surface area contributed by atoms with E-state index in [9.17, 15) is 8.42 Å². The predicted molar refractivity (Wildman–Crippen MR) is 86.1 cm³/mol. The maximum absolute atomic E-state index is 12.5. The van der Waals surface area contributed by atoms with E-state index in [1.807, 2.05) is 6.92 Å². The van der Waals surface area contributed by atoms with Gasteiger partial charge in [0.1, 0.15) is 10.6 Å². The number of piperidine rings is 1. The van der Waals surface area contributed by atoms with Gasteiger partial charge in [0.25, 0.3) is 0 Å². The van der Waals surface area contributed by atoms with Crippen LogP contribution in [0.4, 0.5) is 0 Å². The van der Waals surface area contributed by atoms with Gasteiger partial charge in [0.05, 0.1) is 6.61 Å². The third-order valence-electron chi connectivity index (χ3n) is 3.43. The molecule has 0 aromatic heterocycles. The largest absolute Gasteiger partial charge is 0.492 e. The molecule has 2 rings (SSSR count). The summed E-state index contributed by atoms with van der Waals surface area (Å²) in [5.74, 6) is 0.379. The Morgan fingerprint density at radius 3 is 2.90 bits per heavy atom. The zero-order chi connectivity index (χ0) is 15.3. The molecule has 0 saturated carbocycles. The highest BCUT2D eigenvalue weighted by Crippen LogP contribution is 2.27. The number of hydrogen-bond donors (Lipinski definition) is 2. The van der Waals surface area contributed by atoms with E-state index in [4.69, 9.17) is 4.74 Å². The van der Waals surface area contributed by atoms with Crippen molar-refractivity contribution in [1.82, 2.24) is 10.0 Å². The second-order valence-electron chi connectivity index (χ2n) is 5.02. The standard InChI is InChI=1S/C14H21BrN2O3S/c1-2-20-13-7-6-11(15)9-14(13)21(18,19)17-10-12-5-3-4-8-16-12/h6-7,9,12,16-17H,2-5,8,10H2,1H3. The molecule has 2 N–H and O–H groups in total. The molecule has 1 unspecified atom stereocenters. The lowest BCUT2D eigenvalue weighted by atomic mass is 10.1. The summed E-state index contributed by atoms with van der Waals surface area (Å²) in [6, 6.07) is 5.21. The summed E-state index contributed by atoms with van der Waals surface area (Å²) in [6.45, 7) is 3.61. The minimum Gasteiger partial charge on any atom is -0.492 e. The van der Waals surface area contributed by atoms with E-state index < -0.39 is 10.0 Å². The number of benzene rings is 1. The van der Waals surface area contributed by atoms with Crippen molar-refractivity contribution in [3.05, 3.63) is 22.7 Å². The number of nitrogens with one attached hydrogen (secondary N) is 2. The molecule has 1 heterocycles. The molecule has 1 saturated heterocycles. The third-order valence-corrected chi connectivity index (χ3v) is 5.37. The van der Waals surface area contributed by atoms with E-state index in [0.29, 0.717) is 23.4 Å². The second kappa shape index (κ2) is 7.58. The van der Waals surface area contributed by atoms with Gasteiger partial charge in [-0.1, -0.05) is 22.4 Å². The topological polar surface area (TPSA) is 67.4 Å². The van der Waals surface area contributed by atoms with Gasteiger partial charge in [-0.2, -0.15) is 0 Å². The Balaban J connectivity index is 2.12. The summed E-state index contributed by atoms with van der Waals surface area (Å²) in [5, 5.41) is 3.33. The quantitative estimate of drug-likeness (QED) is 0.798. The van der Waals surface area contributed by atoms with Crippen LogP contribution in [0.15, 0.2) is 27.6 Å². The first-order valence-electron chi connectivity index (χ1n) is 7.18. The van der Waals surface area contributed by atoms with Crippen LogP contribution in [-0.2, 0) is 10.0 Å². The van der Waals surface area contributed by atoms with Crippen LogP contribution >= 0.6 is 15.9 Å². The molecule has 1 aliphatic rings. The maximum Gasteiger partial charge on any atom is 0.244 e. The lowest BCUT2D eigenvalue weighted by Gasteiger charge is -2.23. The zero-order valence-electron chi connectivity index (χ0n) is 12.1. The third kappa shape index (κ3) is 4.67. The van der Waals surface area contributed by atoms with Crippen LogP contribution in [0.5, 0.6) is 5.75 Å². The summed E-state index contributed by atoms with van der Waals surface area (Å²) >= 11 is 3.31. The Bertz CT molecular complexity index is 572. The smallest absolute Gasteiger partial charge is 0.244 e. The molecular formula is C14H21BrN2O3S. The van der Waals surface area contributed by atoms with Crippen molar-refractivity contribution < 1.29 is 13.2 Å². The number of halogens is 1.